The summed E-state index contributed by atoms with van der Waals surface area (Å²) in [7, 11) is 0. The molecule has 1 aromatic rings. The van der Waals surface area contributed by atoms with Gasteiger partial charge in [-0.3, -0.25) is 5.32 Å². The molecule has 4 nitrogen and oxygen atoms in total. The zero-order chi connectivity index (χ0) is 10.4. The van der Waals surface area contributed by atoms with Crippen LogP contribution >= 0.6 is 11.8 Å². The van der Waals surface area contributed by atoms with Gasteiger partial charge in [0.15, 0.2) is 5.16 Å². The maximum atomic E-state index is 8.85. The predicted molar refractivity (Wildman–Crippen MR) is 57.0 cm³/mol. The zero-order valence-corrected chi connectivity index (χ0v) is 9.14. The van der Waals surface area contributed by atoms with Gasteiger partial charge in [0.05, 0.1) is 6.07 Å². The molecule has 0 aliphatic carbocycles. The van der Waals surface area contributed by atoms with Gasteiger partial charge in [-0.1, -0.05) is 11.8 Å². The number of nitriles is 1. The second-order valence-corrected chi connectivity index (χ2v) is 4.22. The number of hydrogen-bond donors (Lipinski definition) is 2. The molecule has 2 N–H and O–H groups in total. The van der Waals surface area contributed by atoms with Crippen LogP contribution in [0.3, 0.4) is 0 Å². The van der Waals surface area contributed by atoms with Crippen molar-refractivity contribution in [1.82, 2.24) is 15.3 Å². The van der Waals surface area contributed by atoms with E-state index >= 15 is 0 Å². The Morgan fingerprint density at radius 3 is 3.00 bits per heavy atom. The first-order chi connectivity index (χ1) is 6.72. The zero-order valence-electron chi connectivity index (χ0n) is 8.32. The standard InChI is InChI=1S/C9H14N4S/c1-7(2)13-8(5-10)6-14-9-11-3-4-12-9/h3-4,7-8,13H,6H2,1-2H3,(H,11,12). The van der Waals surface area contributed by atoms with Crippen molar-refractivity contribution in [2.24, 2.45) is 0 Å². The monoisotopic (exact) mass is 210 g/mol. The SMILES string of the molecule is CC(C)NC(C#N)CSc1ncc[nH]1. The van der Waals surface area contributed by atoms with E-state index in [4.69, 9.17) is 5.26 Å². The van der Waals surface area contributed by atoms with Crippen molar-refractivity contribution in [3.8, 4) is 6.07 Å². The highest BCUT2D eigenvalue weighted by Gasteiger charge is 2.09. The molecule has 1 rings (SSSR count). The van der Waals surface area contributed by atoms with E-state index in [0.717, 1.165) is 5.16 Å². The van der Waals surface area contributed by atoms with Crippen LogP contribution in [0.2, 0.25) is 0 Å². The van der Waals surface area contributed by atoms with Crippen molar-refractivity contribution in [1.29, 1.82) is 5.26 Å². The molecule has 0 aliphatic rings. The van der Waals surface area contributed by atoms with Crippen LogP contribution in [0.4, 0.5) is 0 Å². The van der Waals surface area contributed by atoms with Crippen molar-refractivity contribution in [2.45, 2.75) is 31.1 Å². The van der Waals surface area contributed by atoms with Crippen LogP contribution in [0.15, 0.2) is 17.6 Å². The lowest BCUT2D eigenvalue weighted by Gasteiger charge is -2.12. The molecule has 0 radical (unpaired) electrons. The fourth-order valence-electron chi connectivity index (χ4n) is 1.02. The molecule has 1 atom stereocenters. The number of rotatable bonds is 5. The van der Waals surface area contributed by atoms with Crippen LogP contribution in [0.1, 0.15) is 13.8 Å². The van der Waals surface area contributed by atoms with E-state index in [0.29, 0.717) is 11.8 Å². The Bertz CT molecular complexity index is 288. The van der Waals surface area contributed by atoms with E-state index in [1.807, 2.05) is 13.8 Å². The van der Waals surface area contributed by atoms with Crippen LogP contribution in [-0.2, 0) is 0 Å². The van der Waals surface area contributed by atoms with Crippen LogP contribution in [0, 0.1) is 11.3 Å². The summed E-state index contributed by atoms with van der Waals surface area (Å²) in [5.74, 6) is 0.711. The molecule has 0 fully saturated rings. The first-order valence-corrected chi connectivity index (χ1v) is 5.48. The van der Waals surface area contributed by atoms with Crippen molar-refractivity contribution < 1.29 is 0 Å². The number of nitrogens with zero attached hydrogens (tertiary/aromatic N) is 2. The molecule has 0 spiro atoms. The molecule has 76 valence electrons. The molecule has 5 heteroatoms. The summed E-state index contributed by atoms with van der Waals surface area (Å²) >= 11 is 1.55. The summed E-state index contributed by atoms with van der Waals surface area (Å²) < 4.78 is 0. The van der Waals surface area contributed by atoms with Gasteiger partial charge in [-0.2, -0.15) is 5.26 Å². The largest absolute Gasteiger partial charge is 0.340 e. The maximum Gasteiger partial charge on any atom is 0.165 e. The first-order valence-electron chi connectivity index (χ1n) is 4.50. The third-order valence-electron chi connectivity index (χ3n) is 1.55. The number of thioether (sulfide) groups is 1. The van der Waals surface area contributed by atoms with Crippen molar-refractivity contribution in [3.05, 3.63) is 12.4 Å². The van der Waals surface area contributed by atoms with E-state index in [1.54, 1.807) is 24.2 Å². The van der Waals surface area contributed by atoms with Gasteiger partial charge in [0.1, 0.15) is 6.04 Å². The Kier molecular flexibility index (Phi) is 4.50. The van der Waals surface area contributed by atoms with Gasteiger partial charge in [0, 0.05) is 24.2 Å². The van der Waals surface area contributed by atoms with Gasteiger partial charge >= 0.3 is 0 Å². The Morgan fingerprint density at radius 1 is 1.71 bits per heavy atom. The second kappa shape index (κ2) is 5.68. The van der Waals surface area contributed by atoms with Crippen LogP contribution in [0.25, 0.3) is 0 Å². The number of aromatic amines is 1. The van der Waals surface area contributed by atoms with Crippen molar-refractivity contribution in [3.63, 3.8) is 0 Å². The number of nitrogens with one attached hydrogen (secondary N) is 2. The normalized spacial score (nSPS) is 12.7. The predicted octanol–water partition coefficient (Wildman–Crippen LogP) is 1.39. The van der Waals surface area contributed by atoms with Gasteiger partial charge in [0.25, 0.3) is 0 Å². The van der Waals surface area contributed by atoms with Crippen molar-refractivity contribution >= 4 is 11.8 Å². The van der Waals surface area contributed by atoms with Crippen molar-refractivity contribution in [2.75, 3.05) is 5.75 Å². The third kappa shape index (κ3) is 3.81. The molecule has 0 aromatic carbocycles. The average molecular weight is 210 g/mol. The number of imidazole rings is 1. The fourth-order valence-corrected chi connectivity index (χ4v) is 1.80. The minimum Gasteiger partial charge on any atom is -0.340 e. The minimum absolute atomic E-state index is 0.120. The number of aromatic nitrogens is 2. The van der Waals surface area contributed by atoms with E-state index in [2.05, 4.69) is 21.4 Å². The quantitative estimate of drug-likeness (QED) is 0.721. The Balaban J connectivity index is 2.32. The minimum atomic E-state index is -0.120. The summed E-state index contributed by atoms with van der Waals surface area (Å²) in [5.41, 5.74) is 0. The highest BCUT2D eigenvalue weighted by atomic mass is 32.2. The molecule has 0 saturated heterocycles. The van der Waals surface area contributed by atoms with Gasteiger partial charge in [-0.15, -0.1) is 0 Å². The lowest BCUT2D eigenvalue weighted by molar-refractivity contribution is 0.560. The topological polar surface area (TPSA) is 64.5 Å². The second-order valence-electron chi connectivity index (χ2n) is 3.21. The average Bonchev–Trinajstić information content (AvgIpc) is 2.64. The Labute approximate surface area is 88.1 Å². The van der Waals surface area contributed by atoms with E-state index in [-0.39, 0.29) is 6.04 Å². The lowest BCUT2D eigenvalue weighted by Crippen LogP contribution is -2.35. The van der Waals surface area contributed by atoms with E-state index in [1.165, 1.54) is 0 Å². The Morgan fingerprint density at radius 2 is 2.50 bits per heavy atom. The van der Waals surface area contributed by atoms with E-state index < -0.39 is 0 Å². The number of H-pyrrole nitrogens is 1. The molecule has 14 heavy (non-hydrogen) atoms. The summed E-state index contributed by atoms with van der Waals surface area (Å²) in [5, 5.41) is 12.9. The summed E-state index contributed by atoms with van der Waals surface area (Å²) in [4.78, 5) is 7.06. The molecule has 0 aliphatic heterocycles. The molecule has 1 unspecified atom stereocenters. The van der Waals surface area contributed by atoms with Gasteiger partial charge in [0.2, 0.25) is 0 Å². The van der Waals surface area contributed by atoms with Gasteiger partial charge < -0.3 is 4.98 Å². The van der Waals surface area contributed by atoms with Crippen LogP contribution in [-0.4, -0.2) is 27.8 Å². The summed E-state index contributed by atoms with van der Waals surface area (Å²) in [6.07, 6.45) is 3.49. The number of hydrogen-bond acceptors (Lipinski definition) is 4. The van der Waals surface area contributed by atoms with Gasteiger partial charge in [-0.05, 0) is 13.8 Å². The molecule has 0 saturated carbocycles. The van der Waals surface area contributed by atoms with Crippen LogP contribution in [0.5, 0.6) is 0 Å². The maximum absolute atomic E-state index is 8.85. The summed E-state index contributed by atoms with van der Waals surface area (Å²) in [6.45, 7) is 4.06. The molecule has 1 heterocycles. The molecule has 0 amide bonds. The smallest absolute Gasteiger partial charge is 0.165 e. The summed E-state index contributed by atoms with van der Waals surface area (Å²) in [6, 6.07) is 2.43. The molecule has 1 aromatic heterocycles. The molecule has 0 bridgehead atoms. The van der Waals surface area contributed by atoms with Crippen LogP contribution < -0.4 is 5.32 Å². The Hall–Kier alpha value is -0.990. The molecular weight excluding hydrogens is 196 g/mol. The fraction of sp³-hybridized carbons (Fsp3) is 0.556. The molecular formula is C9H14N4S. The highest BCUT2D eigenvalue weighted by molar-refractivity contribution is 7.99. The lowest BCUT2D eigenvalue weighted by atomic mass is 10.3. The first kappa shape index (κ1) is 11.1. The highest BCUT2D eigenvalue weighted by Crippen LogP contribution is 2.12. The third-order valence-corrected chi connectivity index (χ3v) is 2.55. The van der Waals surface area contributed by atoms with E-state index in [9.17, 15) is 0 Å². The van der Waals surface area contributed by atoms with Gasteiger partial charge in [-0.25, -0.2) is 4.98 Å².